The molecule has 0 aromatic carbocycles. The molecule has 6 nitrogen and oxygen atoms in total. The highest BCUT2D eigenvalue weighted by Crippen LogP contribution is 2.43. The van der Waals surface area contributed by atoms with Crippen LogP contribution in [0, 0.1) is 0 Å². The van der Waals surface area contributed by atoms with Crippen molar-refractivity contribution < 1.29 is 21.9 Å². The highest BCUT2D eigenvalue weighted by atomic mass is 32.3. The first-order chi connectivity index (χ1) is 8.17. The molecular formula is C9H13NO5S3. The van der Waals surface area contributed by atoms with Crippen molar-refractivity contribution in [2.24, 2.45) is 5.14 Å². The minimum Gasteiger partial charge on any atom is -0.388 e. The van der Waals surface area contributed by atoms with Gasteiger partial charge in [-0.2, -0.15) is 0 Å². The summed E-state index contributed by atoms with van der Waals surface area (Å²) in [6.45, 7) is 1.72. The quantitative estimate of drug-likeness (QED) is 0.819. The number of primary sulfonamides is 1. The van der Waals surface area contributed by atoms with Crippen LogP contribution in [0.4, 0.5) is 0 Å². The number of sulfonamides is 1. The molecule has 1 aromatic heterocycles. The molecule has 0 radical (unpaired) electrons. The number of thiophene rings is 1. The Morgan fingerprint density at radius 3 is 2.67 bits per heavy atom. The second-order valence-corrected chi connectivity index (χ2v) is 9.44. The van der Waals surface area contributed by atoms with Gasteiger partial charge in [0.2, 0.25) is 10.0 Å². The Morgan fingerprint density at radius 2 is 2.17 bits per heavy atom. The Morgan fingerprint density at radius 1 is 1.56 bits per heavy atom. The van der Waals surface area contributed by atoms with E-state index < -0.39 is 31.2 Å². The van der Waals surface area contributed by atoms with Crippen LogP contribution in [0.15, 0.2) is 14.5 Å². The van der Waals surface area contributed by atoms with Gasteiger partial charge >= 0.3 is 0 Å². The Hall–Kier alpha value is -0.480. The van der Waals surface area contributed by atoms with E-state index in [-0.39, 0.29) is 20.4 Å². The third-order valence-corrected chi connectivity index (χ3v) is 8.45. The highest BCUT2D eigenvalue weighted by Gasteiger charge is 2.40. The average molecular weight is 311 g/mol. The monoisotopic (exact) mass is 311 g/mol. The molecule has 2 unspecified atom stereocenters. The average Bonchev–Trinajstić information content (AvgIpc) is 2.69. The smallest absolute Gasteiger partial charge is 0.247 e. The summed E-state index contributed by atoms with van der Waals surface area (Å²) in [5.74, 6) is 0. The fourth-order valence-electron chi connectivity index (χ4n) is 2.00. The van der Waals surface area contributed by atoms with E-state index in [1.165, 1.54) is 0 Å². The highest BCUT2D eigenvalue weighted by molar-refractivity contribution is 7.95. The maximum Gasteiger partial charge on any atom is 0.247 e. The molecule has 9 heteroatoms. The van der Waals surface area contributed by atoms with E-state index in [4.69, 9.17) is 5.14 Å². The molecule has 2 heterocycles. The van der Waals surface area contributed by atoms with Gasteiger partial charge in [0.1, 0.15) is 8.42 Å². The van der Waals surface area contributed by atoms with Crippen LogP contribution in [0.3, 0.4) is 0 Å². The number of rotatable bonds is 2. The molecule has 0 spiro atoms. The van der Waals surface area contributed by atoms with Crippen LogP contribution in [0.5, 0.6) is 0 Å². The van der Waals surface area contributed by atoms with Gasteiger partial charge in [-0.25, -0.2) is 22.0 Å². The number of aliphatic hydroxyl groups is 1. The Kier molecular flexibility index (Phi) is 3.31. The van der Waals surface area contributed by atoms with Gasteiger partial charge in [-0.3, -0.25) is 0 Å². The van der Waals surface area contributed by atoms with Crippen molar-refractivity contribution in [3.63, 3.8) is 0 Å². The van der Waals surface area contributed by atoms with Gasteiger partial charge < -0.3 is 5.11 Å². The molecule has 0 fully saturated rings. The van der Waals surface area contributed by atoms with Crippen LogP contribution in [0.2, 0.25) is 0 Å². The van der Waals surface area contributed by atoms with Crippen molar-refractivity contribution in [1.82, 2.24) is 0 Å². The van der Waals surface area contributed by atoms with Crippen molar-refractivity contribution in [2.45, 2.75) is 39.5 Å². The minimum absolute atomic E-state index is 0.0721. The van der Waals surface area contributed by atoms with E-state index in [1.807, 2.05) is 0 Å². The van der Waals surface area contributed by atoms with E-state index in [2.05, 4.69) is 0 Å². The van der Waals surface area contributed by atoms with E-state index in [9.17, 15) is 21.9 Å². The summed E-state index contributed by atoms with van der Waals surface area (Å²) in [4.78, 5) is 0. The number of hydrogen-bond donors (Lipinski definition) is 2. The standard InChI is InChI=1S/C9H13NO5S3/c1-2-5-3-7(11)6-4-8(18(10,14)15)16-9(6)17(5,12)13/h4-5,7,11H,2-3H2,1H3,(H2,10,14,15). The van der Waals surface area contributed by atoms with Gasteiger partial charge in [0.25, 0.3) is 0 Å². The molecule has 0 aliphatic carbocycles. The minimum atomic E-state index is -3.95. The first-order valence-electron chi connectivity index (χ1n) is 5.26. The number of hydrogen-bond acceptors (Lipinski definition) is 6. The molecule has 1 aromatic rings. The van der Waals surface area contributed by atoms with Crippen molar-refractivity contribution >= 4 is 31.2 Å². The Labute approximate surface area is 109 Å². The van der Waals surface area contributed by atoms with Crippen LogP contribution < -0.4 is 5.14 Å². The van der Waals surface area contributed by atoms with Gasteiger partial charge in [0, 0.05) is 5.56 Å². The molecule has 1 aliphatic rings. The van der Waals surface area contributed by atoms with E-state index in [1.54, 1.807) is 6.92 Å². The molecule has 0 bridgehead atoms. The summed E-state index contributed by atoms with van der Waals surface area (Å²) in [7, 11) is -7.52. The van der Waals surface area contributed by atoms with Gasteiger partial charge in [0.05, 0.1) is 11.4 Å². The second-order valence-electron chi connectivity index (χ2n) is 4.18. The number of aliphatic hydroxyl groups excluding tert-OH is 1. The predicted octanol–water partition coefficient (Wildman–Crippen LogP) is 0.385. The van der Waals surface area contributed by atoms with Crippen LogP contribution in [-0.2, 0) is 19.9 Å². The summed E-state index contributed by atoms with van der Waals surface area (Å²) in [6, 6.07) is 1.16. The number of fused-ring (bicyclic) bond motifs is 1. The summed E-state index contributed by atoms with van der Waals surface area (Å²) in [5.41, 5.74) is 0.147. The fraction of sp³-hybridized carbons (Fsp3) is 0.556. The van der Waals surface area contributed by atoms with Crippen molar-refractivity contribution in [1.29, 1.82) is 0 Å². The first-order valence-corrected chi connectivity index (χ1v) is 9.17. The maximum atomic E-state index is 12.2. The topological polar surface area (TPSA) is 115 Å². The second kappa shape index (κ2) is 4.27. The number of sulfone groups is 1. The molecule has 18 heavy (non-hydrogen) atoms. The largest absolute Gasteiger partial charge is 0.388 e. The van der Waals surface area contributed by atoms with Gasteiger partial charge in [-0.15, -0.1) is 11.3 Å². The zero-order valence-corrected chi connectivity index (χ0v) is 12.0. The molecular weight excluding hydrogens is 298 g/mol. The van der Waals surface area contributed by atoms with E-state index in [0.717, 1.165) is 6.07 Å². The van der Waals surface area contributed by atoms with Gasteiger partial charge in [-0.05, 0) is 18.9 Å². The summed E-state index contributed by atoms with van der Waals surface area (Å²) in [6.07, 6.45) is -0.492. The third kappa shape index (κ3) is 2.10. The Bertz CT molecular complexity index is 673. The van der Waals surface area contributed by atoms with E-state index in [0.29, 0.717) is 17.8 Å². The zero-order chi connectivity index (χ0) is 13.7. The van der Waals surface area contributed by atoms with Crippen LogP contribution in [0.1, 0.15) is 31.4 Å². The molecule has 2 atom stereocenters. The molecule has 0 amide bonds. The Balaban J connectivity index is 2.68. The molecule has 0 saturated heterocycles. The molecule has 102 valence electrons. The van der Waals surface area contributed by atoms with Crippen molar-refractivity contribution in [3.8, 4) is 0 Å². The lowest BCUT2D eigenvalue weighted by Gasteiger charge is -2.25. The predicted molar refractivity (Wildman–Crippen MR) is 66.5 cm³/mol. The van der Waals surface area contributed by atoms with Crippen LogP contribution in [-0.4, -0.2) is 27.2 Å². The molecule has 1 aliphatic heterocycles. The lowest BCUT2D eigenvalue weighted by atomic mass is 10.1. The summed E-state index contributed by atoms with van der Waals surface area (Å²) >= 11 is 0.611. The summed E-state index contributed by atoms with van der Waals surface area (Å²) < 4.78 is 46.5. The van der Waals surface area contributed by atoms with Crippen molar-refractivity contribution in [2.75, 3.05) is 0 Å². The maximum absolute atomic E-state index is 12.2. The van der Waals surface area contributed by atoms with Crippen LogP contribution >= 0.6 is 11.3 Å². The molecule has 3 N–H and O–H groups in total. The first kappa shape index (κ1) is 13.9. The molecule has 0 saturated carbocycles. The lowest BCUT2D eigenvalue weighted by Crippen LogP contribution is -2.28. The zero-order valence-electron chi connectivity index (χ0n) is 9.53. The van der Waals surface area contributed by atoms with Crippen LogP contribution in [0.25, 0.3) is 0 Å². The SMILES string of the molecule is CCC1CC(O)c2cc(S(N)(=O)=O)sc2S1(=O)=O. The molecule has 2 rings (SSSR count). The van der Waals surface area contributed by atoms with Gasteiger partial charge in [0.15, 0.2) is 9.84 Å². The lowest BCUT2D eigenvalue weighted by molar-refractivity contribution is 0.159. The van der Waals surface area contributed by atoms with Gasteiger partial charge in [-0.1, -0.05) is 6.92 Å². The number of nitrogens with two attached hydrogens (primary N) is 1. The summed E-state index contributed by atoms with van der Waals surface area (Å²) in [5, 5.41) is 14.2. The fourth-order valence-corrected chi connectivity index (χ4v) is 6.69. The normalized spacial score (nSPS) is 26.8. The third-order valence-electron chi connectivity index (χ3n) is 2.98. The van der Waals surface area contributed by atoms with Crippen molar-refractivity contribution in [3.05, 3.63) is 11.6 Å². The van der Waals surface area contributed by atoms with E-state index >= 15 is 0 Å².